The molecule has 1 aliphatic heterocycles. The Kier molecular flexibility index (Phi) is 3.60. The van der Waals surface area contributed by atoms with Gasteiger partial charge in [0.1, 0.15) is 12.4 Å². The molecule has 1 N–H and O–H groups in total. The van der Waals surface area contributed by atoms with E-state index in [1.165, 1.54) is 12.1 Å². The number of rotatable bonds is 3. The summed E-state index contributed by atoms with van der Waals surface area (Å²) in [4.78, 5) is 0. The fourth-order valence-electron chi connectivity index (χ4n) is 1.45. The summed E-state index contributed by atoms with van der Waals surface area (Å²) in [6.45, 7) is 0.776. The molecule has 1 aromatic carbocycles. The Bertz CT molecular complexity index is 433. The van der Waals surface area contributed by atoms with E-state index in [2.05, 4.69) is 5.32 Å². The largest absolute Gasteiger partial charge is 0.490 e. The Morgan fingerprint density at radius 3 is 2.50 bits per heavy atom. The van der Waals surface area contributed by atoms with Crippen molar-refractivity contribution in [3.8, 4) is 5.75 Å². The van der Waals surface area contributed by atoms with Gasteiger partial charge in [0.25, 0.3) is 5.17 Å². The third-order valence-electron chi connectivity index (χ3n) is 2.37. The van der Waals surface area contributed by atoms with Crippen LogP contribution >= 0.6 is 12.2 Å². The summed E-state index contributed by atoms with van der Waals surface area (Å²) < 4.78 is 47.4. The second-order valence-electron chi connectivity index (χ2n) is 3.74. The predicted molar refractivity (Wildman–Crippen MR) is 62.4 cm³/mol. The lowest BCUT2D eigenvalue weighted by Crippen LogP contribution is -2.21. The van der Waals surface area contributed by atoms with Crippen LogP contribution in [0.15, 0.2) is 24.3 Å². The van der Waals surface area contributed by atoms with E-state index in [1.54, 1.807) is 0 Å². The van der Waals surface area contributed by atoms with E-state index in [0.717, 1.165) is 12.1 Å². The van der Waals surface area contributed by atoms with Crippen LogP contribution in [-0.2, 0) is 10.9 Å². The molecular weight excluding hydrogens is 267 g/mol. The van der Waals surface area contributed by atoms with Gasteiger partial charge in [0.15, 0.2) is 6.10 Å². The lowest BCUT2D eigenvalue weighted by Gasteiger charge is -2.11. The third kappa shape index (κ3) is 3.25. The molecule has 2 rings (SSSR count). The molecule has 1 fully saturated rings. The average Bonchev–Trinajstić information content (AvgIpc) is 2.72. The lowest BCUT2D eigenvalue weighted by atomic mass is 10.2. The quantitative estimate of drug-likeness (QED) is 0.859. The van der Waals surface area contributed by atoms with E-state index >= 15 is 0 Å². The maximum Gasteiger partial charge on any atom is 0.416 e. The minimum absolute atomic E-state index is 0.209. The van der Waals surface area contributed by atoms with Crippen LogP contribution in [0.25, 0.3) is 0 Å². The second-order valence-corrected chi connectivity index (χ2v) is 4.11. The third-order valence-corrected chi connectivity index (χ3v) is 2.61. The number of halogens is 3. The van der Waals surface area contributed by atoms with Crippen LogP contribution in [0.3, 0.4) is 0 Å². The van der Waals surface area contributed by atoms with Gasteiger partial charge in [-0.05, 0) is 36.5 Å². The summed E-state index contributed by atoms with van der Waals surface area (Å²) >= 11 is 4.77. The molecule has 98 valence electrons. The number of hydrogen-bond acceptors (Lipinski definition) is 3. The lowest BCUT2D eigenvalue weighted by molar-refractivity contribution is -0.137. The Morgan fingerprint density at radius 2 is 2.00 bits per heavy atom. The van der Waals surface area contributed by atoms with E-state index < -0.39 is 11.7 Å². The molecule has 1 heterocycles. The van der Waals surface area contributed by atoms with Gasteiger partial charge in [-0.2, -0.15) is 13.2 Å². The van der Waals surface area contributed by atoms with E-state index in [0.29, 0.717) is 17.5 Å². The van der Waals surface area contributed by atoms with Crippen LogP contribution in [-0.4, -0.2) is 24.4 Å². The van der Waals surface area contributed by atoms with Crippen LogP contribution in [0.5, 0.6) is 5.75 Å². The first-order valence-electron chi connectivity index (χ1n) is 5.20. The van der Waals surface area contributed by atoms with Crippen LogP contribution in [0.2, 0.25) is 0 Å². The Morgan fingerprint density at radius 1 is 1.33 bits per heavy atom. The number of nitrogens with one attached hydrogen (secondary N) is 1. The summed E-state index contributed by atoms with van der Waals surface area (Å²) in [6.07, 6.45) is -4.54. The highest BCUT2D eigenvalue weighted by Crippen LogP contribution is 2.30. The standard InChI is InChI=1S/C11H10F3NO2S/c12-11(13,14)7-1-3-8(4-2-7)16-6-9-5-15-10(18)17-9/h1-4,9H,5-6H2,(H,15,18). The zero-order valence-electron chi connectivity index (χ0n) is 9.16. The van der Waals surface area contributed by atoms with Crippen molar-refractivity contribution < 1.29 is 22.6 Å². The van der Waals surface area contributed by atoms with Gasteiger partial charge in [0, 0.05) is 0 Å². The Balaban J connectivity index is 1.89. The van der Waals surface area contributed by atoms with Crippen LogP contribution < -0.4 is 10.1 Å². The minimum atomic E-state index is -4.33. The highest BCUT2D eigenvalue weighted by atomic mass is 32.1. The highest BCUT2D eigenvalue weighted by Gasteiger charge is 2.30. The zero-order chi connectivity index (χ0) is 13.2. The molecule has 0 aromatic heterocycles. The molecule has 1 aliphatic rings. The number of hydrogen-bond donors (Lipinski definition) is 1. The first kappa shape index (κ1) is 12.9. The molecule has 18 heavy (non-hydrogen) atoms. The van der Waals surface area contributed by atoms with Gasteiger partial charge < -0.3 is 14.8 Å². The normalized spacial score (nSPS) is 19.3. The van der Waals surface area contributed by atoms with E-state index in [9.17, 15) is 13.2 Å². The van der Waals surface area contributed by atoms with Gasteiger partial charge in [0.05, 0.1) is 12.1 Å². The van der Waals surface area contributed by atoms with Gasteiger partial charge in [-0.15, -0.1) is 0 Å². The monoisotopic (exact) mass is 277 g/mol. The zero-order valence-corrected chi connectivity index (χ0v) is 9.98. The van der Waals surface area contributed by atoms with Crippen molar-refractivity contribution >= 4 is 17.4 Å². The summed E-state index contributed by atoms with van der Waals surface area (Å²) in [5.74, 6) is 0.365. The van der Waals surface area contributed by atoms with Crippen molar-refractivity contribution in [2.45, 2.75) is 12.3 Å². The predicted octanol–water partition coefficient (Wildman–Crippen LogP) is 2.36. The van der Waals surface area contributed by atoms with Crippen molar-refractivity contribution in [1.29, 1.82) is 0 Å². The summed E-state index contributed by atoms with van der Waals surface area (Å²) in [5, 5.41) is 3.13. The first-order valence-corrected chi connectivity index (χ1v) is 5.60. The van der Waals surface area contributed by atoms with Gasteiger partial charge in [-0.25, -0.2) is 0 Å². The fourth-order valence-corrected chi connectivity index (χ4v) is 1.67. The van der Waals surface area contributed by atoms with Crippen molar-refractivity contribution in [3.63, 3.8) is 0 Å². The molecule has 0 saturated carbocycles. The minimum Gasteiger partial charge on any atom is -0.490 e. The van der Waals surface area contributed by atoms with Crippen LogP contribution in [0, 0.1) is 0 Å². The van der Waals surface area contributed by atoms with Gasteiger partial charge >= 0.3 is 6.18 Å². The molecular formula is C11H10F3NO2S. The fraction of sp³-hybridized carbons (Fsp3) is 0.364. The topological polar surface area (TPSA) is 30.5 Å². The van der Waals surface area contributed by atoms with Gasteiger partial charge in [-0.1, -0.05) is 0 Å². The summed E-state index contributed by atoms with van der Waals surface area (Å²) in [6, 6.07) is 4.52. The average molecular weight is 277 g/mol. The number of benzene rings is 1. The summed E-state index contributed by atoms with van der Waals surface area (Å²) in [5.41, 5.74) is -0.699. The molecule has 7 heteroatoms. The molecule has 0 bridgehead atoms. The molecule has 1 atom stereocenters. The molecule has 3 nitrogen and oxygen atoms in total. The molecule has 0 amide bonds. The molecule has 0 spiro atoms. The molecule has 1 saturated heterocycles. The molecule has 0 aliphatic carbocycles. The number of alkyl halides is 3. The smallest absolute Gasteiger partial charge is 0.416 e. The Hall–Kier alpha value is -1.50. The SMILES string of the molecule is FC(F)(F)c1ccc(OCC2CNC(=S)O2)cc1. The second kappa shape index (κ2) is 5.01. The van der Waals surface area contributed by atoms with E-state index in [1.807, 2.05) is 0 Å². The van der Waals surface area contributed by atoms with E-state index in [-0.39, 0.29) is 12.7 Å². The first-order chi connectivity index (χ1) is 8.45. The van der Waals surface area contributed by atoms with Crippen molar-refractivity contribution in [2.75, 3.05) is 13.2 Å². The van der Waals surface area contributed by atoms with Crippen molar-refractivity contribution in [3.05, 3.63) is 29.8 Å². The highest BCUT2D eigenvalue weighted by molar-refractivity contribution is 7.80. The van der Waals surface area contributed by atoms with Gasteiger partial charge in [0.2, 0.25) is 0 Å². The van der Waals surface area contributed by atoms with Gasteiger partial charge in [-0.3, -0.25) is 0 Å². The molecule has 0 radical (unpaired) electrons. The summed E-state index contributed by atoms with van der Waals surface area (Å²) in [7, 11) is 0. The number of ether oxygens (including phenoxy) is 2. The maximum atomic E-state index is 12.3. The van der Waals surface area contributed by atoms with Crippen molar-refractivity contribution in [1.82, 2.24) is 5.32 Å². The van der Waals surface area contributed by atoms with Crippen LogP contribution in [0.1, 0.15) is 5.56 Å². The number of thiocarbonyl (C=S) groups is 1. The Labute approximate surface area is 107 Å². The van der Waals surface area contributed by atoms with E-state index in [4.69, 9.17) is 21.7 Å². The molecule has 1 unspecified atom stereocenters. The van der Waals surface area contributed by atoms with Crippen LogP contribution in [0.4, 0.5) is 13.2 Å². The maximum absolute atomic E-state index is 12.3. The van der Waals surface area contributed by atoms with Crippen molar-refractivity contribution in [2.24, 2.45) is 0 Å². The molecule has 1 aromatic rings.